The van der Waals surface area contributed by atoms with Crippen LogP contribution in [0.25, 0.3) is 0 Å². The zero-order chi connectivity index (χ0) is 16.9. The van der Waals surface area contributed by atoms with Gasteiger partial charge in [0.2, 0.25) is 0 Å². The van der Waals surface area contributed by atoms with Crippen molar-refractivity contribution in [3.05, 3.63) is 28.3 Å². The molecule has 22 heavy (non-hydrogen) atoms. The highest BCUT2D eigenvalue weighted by Gasteiger charge is 2.52. The Balaban J connectivity index is 2.52. The lowest BCUT2D eigenvalue weighted by molar-refractivity contribution is -0.137. The van der Waals surface area contributed by atoms with Crippen LogP contribution >= 0.6 is 11.6 Å². The molecule has 1 heterocycles. The van der Waals surface area contributed by atoms with Crippen LogP contribution in [0.3, 0.4) is 0 Å². The number of nitriles is 1. The molecule has 0 N–H and O–H groups in total. The first-order valence-corrected chi connectivity index (χ1v) is 6.94. The van der Waals surface area contributed by atoms with Crippen LogP contribution in [0.5, 0.6) is 0 Å². The van der Waals surface area contributed by atoms with Crippen LogP contribution in [-0.2, 0) is 15.5 Å². The maximum atomic E-state index is 12.9. The number of rotatable bonds is 1. The van der Waals surface area contributed by atoms with Crippen molar-refractivity contribution < 1.29 is 22.5 Å². The topological polar surface area (TPSA) is 42.2 Å². The first-order chi connectivity index (χ1) is 9.90. The van der Waals surface area contributed by atoms with E-state index in [1.807, 2.05) is 27.7 Å². The molecule has 1 aliphatic heterocycles. The van der Waals surface area contributed by atoms with Crippen molar-refractivity contribution in [2.24, 2.45) is 0 Å². The van der Waals surface area contributed by atoms with Gasteiger partial charge in [-0.05, 0) is 33.8 Å². The second-order valence-corrected chi connectivity index (χ2v) is 6.47. The van der Waals surface area contributed by atoms with Crippen LogP contribution in [0.4, 0.5) is 13.2 Å². The van der Waals surface area contributed by atoms with E-state index in [0.717, 1.165) is 6.07 Å². The van der Waals surface area contributed by atoms with Gasteiger partial charge in [-0.3, -0.25) is 0 Å². The summed E-state index contributed by atoms with van der Waals surface area (Å²) >= 11 is 5.77. The molecule has 1 saturated heterocycles. The van der Waals surface area contributed by atoms with Gasteiger partial charge >= 0.3 is 13.3 Å². The van der Waals surface area contributed by atoms with Gasteiger partial charge in [-0.2, -0.15) is 18.4 Å². The Morgan fingerprint density at radius 3 is 2.05 bits per heavy atom. The normalized spacial score (nSPS) is 20.0. The Hall–Kier alpha value is -1.23. The summed E-state index contributed by atoms with van der Waals surface area (Å²) in [5.41, 5.74) is -2.47. The molecule has 2 rings (SSSR count). The van der Waals surface area contributed by atoms with E-state index in [2.05, 4.69) is 0 Å². The third-order valence-electron chi connectivity index (χ3n) is 4.10. The summed E-state index contributed by atoms with van der Waals surface area (Å²) in [6.07, 6.45) is -4.63. The summed E-state index contributed by atoms with van der Waals surface area (Å²) in [7, 11) is -0.945. The number of alkyl halides is 3. The van der Waals surface area contributed by atoms with Crippen molar-refractivity contribution in [2.75, 3.05) is 0 Å². The molecule has 1 fully saturated rings. The Kier molecular flexibility index (Phi) is 4.01. The summed E-state index contributed by atoms with van der Waals surface area (Å²) in [6.45, 7) is 7.24. The second-order valence-electron chi connectivity index (χ2n) is 6.09. The zero-order valence-electron chi connectivity index (χ0n) is 12.5. The van der Waals surface area contributed by atoms with E-state index in [1.54, 1.807) is 6.07 Å². The lowest BCUT2D eigenvalue weighted by atomic mass is 9.75. The Morgan fingerprint density at radius 2 is 1.64 bits per heavy atom. The second kappa shape index (κ2) is 5.15. The Morgan fingerprint density at radius 1 is 1.14 bits per heavy atom. The van der Waals surface area contributed by atoms with Crippen molar-refractivity contribution in [1.29, 1.82) is 5.26 Å². The largest absolute Gasteiger partial charge is 0.496 e. The highest BCUT2D eigenvalue weighted by Crippen LogP contribution is 2.39. The summed E-state index contributed by atoms with van der Waals surface area (Å²) in [5, 5.41) is 8.56. The van der Waals surface area contributed by atoms with Gasteiger partial charge in [0, 0.05) is 5.46 Å². The van der Waals surface area contributed by atoms with Crippen LogP contribution in [0.2, 0.25) is 5.02 Å². The molecule has 0 radical (unpaired) electrons. The number of nitrogens with zero attached hydrogens (tertiary/aromatic N) is 1. The van der Waals surface area contributed by atoms with E-state index in [1.165, 1.54) is 6.07 Å². The number of halogens is 4. The predicted molar refractivity (Wildman–Crippen MR) is 76.9 cm³/mol. The molecule has 1 aliphatic rings. The maximum Gasteiger partial charge on any atom is 0.496 e. The van der Waals surface area contributed by atoms with Gasteiger partial charge in [0.15, 0.2) is 0 Å². The zero-order valence-corrected chi connectivity index (χ0v) is 13.3. The molecule has 118 valence electrons. The molecule has 0 bridgehead atoms. The van der Waals surface area contributed by atoms with E-state index < -0.39 is 35.1 Å². The smallest absolute Gasteiger partial charge is 0.399 e. The standard InChI is InChI=1S/C14H14BClF3NO2/c1-12(2)13(3,4)22-15(21-12)10-6-5-9(14(17,18)19)11(16)8(10)7-20/h5-6H,1-4H3. The molecule has 0 unspecified atom stereocenters. The molecule has 0 aliphatic carbocycles. The van der Waals surface area contributed by atoms with E-state index >= 15 is 0 Å². The fraction of sp³-hybridized carbons (Fsp3) is 0.500. The molecule has 8 heteroatoms. The van der Waals surface area contributed by atoms with Crippen molar-refractivity contribution in [3.63, 3.8) is 0 Å². The van der Waals surface area contributed by atoms with Crippen LogP contribution in [0, 0.1) is 11.3 Å². The quantitative estimate of drug-likeness (QED) is 0.739. The molecule has 3 nitrogen and oxygen atoms in total. The SMILES string of the molecule is CC1(C)OB(c2ccc(C(F)(F)F)c(Cl)c2C#N)OC1(C)C. The van der Waals surface area contributed by atoms with Crippen molar-refractivity contribution >= 4 is 24.2 Å². The molecule has 0 saturated carbocycles. The molecule has 0 atom stereocenters. The minimum absolute atomic E-state index is 0.194. The van der Waals surface area contributed by atoms with Crippen LogP contribution in [0.15, 0.2) is 12.1 Å². The van der Waals surface area contributed by atoms with Gasteiger partial charge in [-0.1, -0.05) is 17.7 Å². The fourth-order valence-electron chi connectivity index (χ4n) is 2.09. The van der Waals surface area contributed by atoms with Gasteiger partial charge < -0.3 is 9.31 Å². The van der Waals surface area contributed by atoms with Crippen LogP contribution < -0.4 is 5.46 Å². The summed E-state index contributed by atoms with van der Waals surface area (Å²) in [5.74, 6) is 0. The van der Waals surface area contributed by atoms with E-state index in [9.17, 15) is 18.4 Å². The van der Waals surface area contributed by atoms with E-state index in [-0.39, 0.29) is 11.0 Å². The lowest BCUT2D eigenvalue weighted by Gasteiger charge is -2.32. The fourth-order valence-corrected chi connectivity index (χ4v) is 2.41. The Bertz CT molecular complexity index is 637. The van der Waals surface area contributed by atoms with Gasteiger partial charge in [-0.15, -0.1) is 0 Å². The third-order valence-corrected chi connectivity index (χ3v) is 4.49. The van der Waals surface area contributed by atoms with Crippen LogP contribution in [0.1, 0.15) is 38.8 Å². The van der Waals surface area contributed by atoms with E-state index in [4.69, 9.17) is 20.9 Å². The molecular weight excluding hydrogens is 317 g/mol. The summed E-state index contributed by atoms with van der Waals surface area (Å²) < 4.78 is 50.1. The minimum atomic E-state index is -4.63. The summed E-state index contributed by atoms with van der Waals surface area (Å²) in [6, 6.07) is 3.73. The molecular formula is C14H14BClF3NO2. The highest BCUT2D eigenvalue weighted by atomic mass is 35.5. The lowest BCUT2D eigenvalue weighted by Crippen LogP contribution is -2.41. The van der Waals surface area contributed by atoms with Gasteiger partial charge in [-0.25, -0.2) is 0 Å². The van der Waals surface area contributed by atoms with Gasteiger partial charge in [0.25, 0.3) is 0 Å². The van der Waals surface area contributed by atoms with Gasteiger partial charge in [0.1, 0.15) is 6.07 Å². The predicted octanol–water partition coefficient (Wildman–Crippen LogP) is 3.53. The average Bonchev–Trinajstić information content (AvgIpc) is 2.56. The molecule has 1 aromatic carbocycles. The first-order valence-electron chi connectivity index (χ1n) is 6.56. The number of hydrogen-bond acceptors (Lipinski definition) is 3. The van der Waals surface area contributed by atoms with Crippen LogP contribution in [-0.4, -0.2) is 18.3 Å². The first kappa shape index (κ1) is 17.1. The molecule has 0 spiro atoms. The third kappa shape index (κ3) is 2.71. The minimum Gasteiger partial charge on any atom is -0.399 e. The average molecular weight is 332 g/mol. The highest BCUT2D eigenvalue weighted by molar-refractivity contribution is 6.63. The number of hydrogen-bond donors (Lipinski definition) is 0. The van der Waals surface area contributed by atoms with Crippen molar-refractivity contribution in [3.8, 4) is 6.07 Å². The summed E-state index contributed by atoms with van der Waals surface area (Å²) in [4.78, 5) is 0. The van der Waals surface area contributed by atoms with Crippen molar-refractivity contribution in [2.45, 2.75) is 45.1 Å². The maximum absolute atomic E-state index is 12.9. The monoisotopic (exact) mass is 331 g/mol. The van der Waals surface area contributed by atoms with Crippen molar-refractivity contribution in [1.82, 2.24) is 0 Å². The van der Waals surface area contributed by atoms with Gasteiger partial charge in [0.05, 0.1) is 27.4 Å². The molecule has 1 aromatic rings. The molecule has 0 aromatic heterocycles. The Labute approximate surface area is 132 Å². The number of benzene rings is 1. The molecule has 0 amide bonds. The van der Waals surface area contributed by atoms with E-state index in [0.29, 0.717) is 0 Å².